The predicted molar refractivity (Wildman–Crippen MR) is 49.9 cm³/mol. The van der Waals surface area contributed by atoms with E-state index in [1.165, 1.54) is 0 Å². The van der Waals surface area contributed by atoms with Crippen LogP contribution in [0.5, 0.6) is 0 Å². The summed E-state index contributed by atoms with van der Waals surface area (Å²) >= 11 is 0. The van der Waals surface area contributed by atoms with Crippen molar-refractivity contribution in [2.75, 3.05) is 13.0 Å². The first-order valence-corrected chi connectivity index (χ1v) is 4.33. The topological polar surface area (TPSA) is 20.3 Å². The SMILES string of the molecule is [2H]C1([2H])CCCC([2H])([2H])N1C(=O)C(C)(C)C. The van der Waals surface area contributed by atoms with Gasteiger partial charge in [0.2, 0.25) is 5.91 Å². The van der Waals surface area contributed by atoms with E-state index in [1.54, 1.807) is 20.8 Å². The minimum Gasteiger partial charge on any atom is -0.342 e. The lowest BCUT2D eigenvalue weighted by atomic mass is 9.93. The summed E-state index contributed by atoms with van der Waals surface area (Å²) in [5, 5.41) is 0. The van der Waals surface area contributed by atoms with Crippen molar-refractivity contribution >= 4 is 5.91 Å². The number of amides is 1. The second-order valence-corrected chi connectivity index (χ2v) is 4.06. The van der Waals surface area contributed by atoms with Gasteiger partial charge < -0.3 is 4.90 Å². The number of carbonyl (C=O) groups is 1. The number of likely N-dealkylation sites (tertiary alicyclic amines) is 1. The van der Waals surface area contributed by atoms with Gasteiger partial charge in [-0.05, 0) is 19.3 Å². The Labute approximate surface area is 80.6 Å². The molecule has 12 heavy (non-hydrogen) atoms. The highest BCUT2D eigenvalue weighted by atomic mass is 16.2. The highest BCUT2D eigenvalue weighted by Crippen LogP contribution is 2.20. The van der Waals surface area contributed by atoms with Crippen molar-refractivity contribution in [2.45, 2.75) is 40.0 Å². The summed E-state index contributed by atoms with van der Waals surface area (Å²) in [5.74, 6) is -0.470. The van der Waals surface area contributed by atoms with E-state index in [2.05, 4.69) is 0 Å². The van der Waals surface area contributed by atoms with Gasteiger partial charge in [-0.1, -0.05) is 20.8 Å². The monoisotopic (exact) mass is 173 g/mol. The number of piperidine rings is 1. The average molecular weight is 173 g/mol. The minimum absolute atomic E-state index is 0.203. The van der Waals surface area contributed by atoms with Crippen LogP contribution in [0.2, 0.25) is 0 Å². The summed E-state index contributed by atoms with van der Waals surface area (Å²) in [7, 11) is 0. The van der Waals surface area contributed by atoms with Gasteiger partial charge in [0.25, 0.3) is 0 Å². The van der Waals surface area contributed by atoms with E-state index in [-0.39, 0.29) is 12.8 Å². The fourth-order valence-electron chi connectivity index (χ4n) is 1.01. The van der Waals surface area contributed by atoms with Crippen LogP contribution in [0.25, 0.3) is 0 Å². The molecule has 0 aliphatic carbocycles. The summed E-state index contributed by atoms with van der Waals surface area (Å²) in [4.78, 5) is 12.9. The third kappa shape index (κ3) is 2.23. The molecule has 0 spiro atoms. The molecule has 2 nitrogen and oxygen atoms in total. The molecule has 0 N–H and O–H groups in total. The second-order valence-electron chi connectivity index (χ2n) is 4.06. The van der Waals surface area contributed by atoms with Crippen LogP contribution in [0, 0.1) is 5.41 Å². The van der Waals surface area contributed by atoms with E-state index in [0.717, 1.165) is 4.90 Å². The Balaban J connectivity index is 3.09. The van der Waals surface area contributed by atoms with E-state index in [9.17, 15) is 4.79 Å². The van der Waals surface area contributed by atoms with Crippen LogP contribution in [-0.2, 0) is 4.79 Å². The minimum atomic E-state index is -1.88. The van der Waals surface area contributed by atoms with Crippen LogP contribution in [0.3, 0.4) is 0 Å². The Morgan fingerprint density at radius 2 is 1.75 bits per heavy atom. The van der Waals surface area contributed by atoms with Crippen molar-refractivity contribution in [3.63, 3.8) is 0 Å². The first kappa shape index (κ1) is 5.25. The lowest BCUT2D eigenvalue weighted by Gasteiger charge is -2.32. The summed E-state index contributed by atoms with van der Waals surface area (Å²) in [6.07, 6.45) is 0.872. The summed E-state index contributed by atoms with van der Waals surface area (Å²) in [5.41, 5.74) is -0.766. The predicted octanol–water partition coefficient (Wildman–Crippen LogP) is 2.04. The fourth-order valence-corrected chi connectivity index (χ4v) is 1.01. The van der Waals surface area contributed by atoms with E-state index in [4.69, 9.17) is 5.48 Å². The zero-order chi connectivity index (χ0) is 12.8. The van der Waals surface area contributed by atoms with Gasteiger partial charge in [-0.15, -0.1) is 0 Å². The molecule has 70 valence electrons. The molecule has 0 aromatic heterocycles. The smallest absolute Gasteiger partial charge is 0.227 e. The molecule has 1 heterocycles. The van der Waals surface area contributed by atoms with Gasteiger partial charge in [-0.3, -0.25) is 4.79 Å². The summed E-state index contributed by atoms with van der Waals surface area (Å²) < 4.78 is 31.1. The van der Waals surface area contributed by atoms with E-state index in [0.29, 0.717) is 6.42 Å². The van der Waals surface area contributed by atoms with Crippen LogP contribution in [0.4, 0.5) is 0 Å². The molecular formula is C10H19NO. The number of nitrogens with zero attached hydrogens (tertiary/aromatic N) is 1. The van der Waals surface area contributed by atoms with Crippen molar-refractivity contribution in [2.24, 2.45) is 5.41 Å². The number of hydrogen-bond donors (Lipinski definition) is 0. The Morgan fingerprint density at radius 3 is 2.17 bits per heavy atom. The van der Waals surface area contributed by atoms with Crippen molar-refractivity contribution < 1.29 is 10.3 Å². The maximum atomic E-state index is 12.1. The molecule has 0 aromatic carbocycles. The van der Waals surface area contributed by atoms with Gasteiger partial charge in [-0.2, -0.15) is 0 Å². The van der Waals surface area contributed by atoms with Crippen LogP contribution in [-0.4, -0.2) is 23.8 Å². The summed E-state index contributed by atoms with van der Waals surface area (Å²) in [6, 6.07) is 0. The molecule has 0 aromatic rings. The first-order chi connectivity index (χ1) is 6.98. The van der Waals surface area contributed by atoms with Crippen LogP contribution in [0.1, 0.15) is 45.5 Å². The van der Waals surface area contributed by atoms with E-state index in [1.807, 2.05) is 0 Å². The maximum Gasteiger partial charge on any atom is 0.227 e. The molecule has 0 bridgehead atoms. The Bertz CT molecular complexity index is 280. The fraction of sp³-hybridized carbons (Fsp3) is 0.900. The molecule has 2 heteroatoms. The number of hydrogen-bond acceptors (Lipinski definition) is 1. The molecule has 0 radical (unpaired) electrons. The highest BCUT2D eigenvalue weighted by Gasteiger charge is 2.27. The van der Waals surface area contributed by atoms with E-state index < -0.39 is 24.3 Å². The zero-order valence-electron chi connectivity index (χ0n) is 12.0. The van der Waals surface area contributed by atoms with Crippen molar-refractivity contribution in [1.29, 1.82) is 0 Å². The number of rotatable bonds is 0. The maximum absolute atomic E-state index is 12.1. The standard InChI is InChI=1S/C10H19NO/c1-10(2,3)9(12)11-7-5-4-6-8-11/h4-8H2,1-3H3/i7D2,8D2. The normalized spacial score (nSPS) is 32.8. The summed E-state index contributed by atoms with van der Waals surface area (Å²) in [6.45, 7) is 1.26. The molecule has 0 saturated carbocycles. The van der Waals surface area contributed by atoms with Crippen molar-refractivity contribution in [3.8, 4) is 0 Å². The van der Waals surface area contributed by atoms with Gasteiger partial charge >= 0.3 is 0 Å². The van der Waals surface area contributed by atoms with Crippen LogP contribution >= 0.6 is 0 Å². The lowest BCUT2D eigenvalue weighted by molar-refractivity contribution is -0.140. The van der Waals surface area contributed by atoms with E-state index >= 15 is 0 Å². The third-order valence-corrected chi connectivity index (χ3v) is 1.74. The number of carbonyl (C=O) groups excluding carboxylic acids is 1. The van der Waals surface area contributed by atoms with Gasteiger partial charge in [-0.25, -0.2) is 0 Å². The second kappa shape index (κ2) is 3.46. The molecule has 1 aliphatic rings. The zero-order valence-corrected chi connectivity index (χ0v) is 7.98. The van der Waals surface area contributed by atoms with Gasteiger partial charge in [0.15, 0.2) is 0 Å². The molecular weight excluding hydrogens is 150 g/mol. The average Bonchev–Trinajstić information content (AvgIpc) is 1.97. The van der Waals surface area contributed by atoms with Gasteiger partial charge in [0, 0.05) is 23.9 Å². The first-order valence-electron chi connectivity index (χ1n) is 6.33. The highest BCUT2D eigenvalue weighted by molar-refractivity contribution is 5.81. The molecule has 1 saturated heterocycles. The van der Waals surface area contributed by atoms with Crippen molar-refractivity contribution in [3.05, 3.63) is 0 Å². The molecule has 1 aliphatic heterocycles. The Kier molecular flexibility index (Phi) is 1.52. The molecule has 1 fully saturated rings. The largest absolute Gasteiger partial charge is 0.342 e. The quantitative estimate of drug-likeness (QED) is 0.549. The molecule has 0 unspecified atom stereocenters. The Morgan fingerprint density at radius 1 is 1.25 bits per heavy atom. The van der Waals surface area contributed by atoms with Crippen LogP contribution < -0.4 is 0 Å². The lowest BCUT2D eigenvalue weighted by Crippen LogP contribution is -2.42. The van der Waals surface area contributed by atoms with Gasteiger partial charge in [0.05, 0.1) is 0 Å². The molecule has 1 amide bonds. The third-order valence-electron chi connectivity index (χ3n) is 1.74. The molecule has 0 atom stereocenters. The Hall–Kier alpha value is -0.530. The van der Waals surface area contributed by atoms with Crippen LogP contribution in [0.15, 0.2) is 0 Å². The van der Waals surface area contributed by atoms with Gasteiger partial charge in [0.1, 0.15) is 0 Å². The molecule has 1 rings (SSSR count). The van der Waals surface area contributed by atoms with Crippen molar-refractivity contribution in [1.82, 2.24) is 4.90 Å².